The van der Waals surface area contributed by atoms with Gasteiger partial charge in [0.05, 0.1) is 25.4 Å². The second-order valence-electron chi connectivity index (χ2n) is 10.5. The molecule has 2 N–H and O–H groups in total. The van der Waals surface area contributed by atoms with Gasteiger partial charge in [0.25, 0.3) is 5.91 Å². The third-order valence-electron chi connectivity index (χ3n) is 7.29. The van der Waals surface area contributed by atoms with Crippen molar-refractivity contribution in [3.8, 4) is 17.2 Å². The van der Waals surface area contributed by atoms with Crippen LogP contribution in [-0.4, -0.2) is 60.2 Å². The molecule has 40 heavy (non-hydrogen) atoms. The first-order valence-corrected chi connectivity index (χ1v) is 13.8. The normalized spacial score (nSPS) is 21.8. The molecule has 2 atom stereocenters. The van der Waals surface area contributed by atoms with E-state index in [1.807, 2.05) is 24.3 Å². The van der Waals surface area contributed by atoms with Gasteiger partial charge in [0.15, 0.2) is 0 Å². The summed E-state index contributed by atoms with van der Waals surface area (Å²) in [7, 11) is 0. The van der Waals surface area contributed by atoms with E-state index in [2.05, 4.69) is 25.5 Å². The molecule has 1 saturated carbocycles. The van der Waals surface area contributed by atoms with E-state index in [4.69, 9.17) is 14.2 Å². The van der Waals surface area contributed by atoms with Gasteiger partial charge in [-0.2, -0.15) is 0 Å². The first-order valence-electron chi connectivity index (χ1n) is 13.8. The zero-order valence-electron chi connectivity index (χ0n) is 22.3. The van der Waals surface area contributed by atoms with Gasteiger partial charge in [-0.1, -0.05) is 12.1 Å². The van der Waals surface area contributed by atoms with Crippen molar-refractivity contribution in [3.05, 3.63) is 72.1 Å². The van der Waals surface area contributed by atoms with E-state index in [9.17, 15) is 9.59 Å². The molecule has 10 heteroatoms. The van der Waals surface area contributed by atoms with Crippen molar-refractivity contribution in [2.75, 3.05) is 31.1 Å². The number of benzene rings is 2. The standard InChI is InChI=1S/C30H33N5O5/c36-28-7-11-31-29(37)22-14-24(38-18-20-5-6-20)16-25(15-22)40-23-4-1-3-21(13-23)19-39-27-8-12-35(17-26(27)34-28)30-32-9-2-10-33-30/h1-4,9-10,13-16,20,26-27H,5-8,11-12,17-19H2,(H,31,37)(H,34,36)/t26-,27+/m0/s1. The molecule has 1 saturated heterocycles. The van der Waals surface area contributed by atoms with E-state index < -0.39 is 0 Å². The van der Waals surface area contributed by atoms with E-state index in [1.165, 1.54) is 12.8 Å². The first kappa shape index (κ1) is 26.1. The number of carbonyl (C=O) groups excluding carboxylic acids is 2. The average molecular weight is 544 g/mol. The second kappa shape index (κ2) is 11.9. The number of rotatable bonds is 4. The maximum absolute atomic E-state index is 13.0. The van der Waals surface area contributed by atoms with Gasteiger partial charge in [-0.15, -0.1) is 0 Å². The molecule has 2 amide bonds. The summed E-state index contributed by atoms with van der Waals surface area (Å²) in [6.45, 7) is 2.41. The van der Waals surface area contributed by atoms with Gasteiger partial charge < -0.3 is 29.7 Å². The molecule has 0 unspecified atom stereocenters. The number of piperidine rings is 1. The lowest BCUT2D eigenvalue weighted by atomic mass is 10.0. The fraction of sp³-hybridized carbons (Fsp3) is 0.400. The van der Waals surface area contributed by atoms with E-state index in [0.29, 0.717) is 67.4 Å². The summed E-state index contributed by atoms with van der Waals surface area (Å²) in [5.74, 6) is 2.47. The fourth-order valence-corrected chi connectivity index (χ4v) is 4.96. The van der Waals surface area contributed by atoms with Gasteiger partial charge in [-0.25, -0.2) is 9.97 Å². The number of nitrogens with zero attached hydrogens (tertiary/aromatic N) is 3. The molecule has 4 bridgehead atoms. The molecule has 3 heterocycles. The van der Waals surface area contributed by atoms with Crippen LogP contribution in [0.5, 0.6) is 17.2 Å². The smallest absolute Gasteiger partial charge is 0.251 e. The van der Waals surface area contributed by atoms with Crippen molar-refractivity contribution in [1.29, 1.82) is 0 Å². The minimum absolute atomic E-state index is 0.138. The highest BCUT2D eigenvalue weighted by molar-refractivity contribution is 5.95. The highest BCUT2D eigenvalue weighted by Crippen LogP contribution is 2.32. The lowest BCUT2D eigenvalue weighted by molar-refractivity contribution is -0.123. The van der Waals surface area contributed by atoms with Gasteiger partial charge >= 0.3 is 0 Å². The van der Waals surface area contributed by atoms with Crippen molar-refractivity contribution in [3.63, 3.8) is 0 Å². The molecule has 0 radical (unpaired) electrons. The number of hydrogen-bond acceptors (Lipinski definition) is 8. The number of nitrogens with one attached hydrogen (secondary N) is 2. The molecule has 6 rings (SSSR count). The molecule has 2 fully saturated rings. The minimum atomic E-state index is -0.293. The molecule has 10 nitrogen and oxygen atoms in total. The van der Waals surface area contributed by atoms with Crippen LogP contribution in [0.15, 0.2) is 60.9 Å². The molecule has 3 aromatic rings. The Balaban J connectivity index is 1.23. The van der Waals surface area contributed by atoms with Crippen LogP contribution >= 0.6 is 0 Å². The summed E-state index contributed by atoms with van der Waals surface area (Å²) in [5.41, 5.74) is 1.36. The van der Waals surface area contributed by atoms with Crippen LogP contribution in [0.3, 0.4) is 0 Å². The van der Waals surface area contributed by atoms with Crippen LogP contribution < -0.4 is 25.0 Å². The zero-order chi connectivity index (χ0) is 27.3. The summed E-state index contributed by atoms with van der Waals surface area (Å²) in [6.07, 6.45) is 6.39. The second-order valence-corrected chi connectivity index (χ2v) is 10.5. The number of aromatic nitrogens is 2. The Morgan fingerprint density at radius 3 is 2.73 bits per heavy atom. The van der Waals surface area contributed by atoms with E-state index in [1.54, 1.807) is 36.7 Å². The van der Waals surface area contributed by atoms with Crippen molar-refractivity contribution in [2.45, 2.75) is 44.4 Å². The number of anilines is 1. The van der Waals surface area contributed by atoms with Crippen molar-refractivity contribution < 1.29 is 23.8 Å². The van der Waals surface area contributed by atoms with Gasteiger partial charge in [0, 0.05) is 50.1 Å². The maximum Gasteiger partial charge on any atom is 0.251 e. The van der Waals surface area contributed by atoms with Crippen LogP contribution in [0.1, 0.15) is 41.6 Å². The zero-order valence-corrected chi connectivity index (χ0v) is 22.3. The van der Waals surface area contributed by atoms with Gasteiger partial charge in [0.1, 0.15) is 17.2 Å². The number of fused-ring (bicyclic) bond motifs is 5. The fourth-order valence-electron chi connectivity index (χ4n) is 4.96. The van der Waals surface area contributed by atoms with Crippen molar-refractivity contribution in [2.24, 2.45) is 5.92 Å². The number of hydrogen-bond donors (Lipinski definition) is 2. The van der Waals surface area contributed by atoms with Crippen molar-refractivity contribution >= 4 is 17.8 Å². The molecule has 0 spiro atoms. The molecular formula is C30H33N5O5. The molecular weight excluding hydrogens is 510 g/mol. The number of carbonyl (C=O) groups is 2. The first-order chi connectivity index (χ1) is 19.6. The van der Waals surface area contributed by atoms with E-state index in [0.717, 1.165) is 5.56 Å². The van der Waals surface area contributed by atoms with Gasteiger partial charge in [0.2, 0.25) is 11.9 Å². The summed E-state index contributed by atoms with van der Waals surface area (Å²) in [4.78, 5) is 36.8. The molecule has 1 aromatic heterocycles. The number of amides is 2. The molecule has 2 aromatic carbocycles. The Morgan fingerprint density at radius 1 is 1.00 bits per heavy atom. The summed E-state index contributed by atoms with van der Waals surface area (Å²) in [6, 6.07) is 14.4. The minimum Gasteiger partial charge on any atom is -0.493 e. The van der Waals surface area contributed by atoms with Crippen LogP contribution in [0.2, 0.25) is 0 Å². The van der Waals surface area contributed by atoms with Crippen LogP contribution in [0.4, 0.5) is 5.95 Å². The van der Waals surface area contributed by atoms with Gasteiger partial charge in [-0.05, 0) is 61.1 Å². The monoisotopic (exact) mass is 543 g/mol. The Hall–Kier alpha value is -4.18. The average Bonchev–Trinajstić information content (AvgIpc) is 3.80. The summed E-state index contributed by atoms with van der Waals surface area (Å²) >= 11 is 0. The van der Waals surface area contributed by atoms with E-state index in [-0.39, 0.29) is 36.9 Å². The molecule has 2 aliphatic heterocycles. The Kier molecular flexibility index (Phi) is 7.76. The quantitative estimate of drug-likeness (QED) is 0.514. The topological polar surface area (TPSA) is 115 Å². The highest BCUT2D eigenvalue weighted by Gasteiger charge is 2.32. The van der Waals surface area contributed by atoms with Crippen molar-refractivity contribution in [1.82, 2.24) is 20.6 Å². The predicted octanol–water partition coefficient (Wildman–Crippen LogP) is 3.47. The summed E-state index contributed by atoms with van der Waals surface area (Å²) < 4.78 is 18.5. The largest absolute Gasteiger partial charge is 0.493 e. The Bertz CT molecular complexity index is 1350. The van der Waals surface area contributed by atoms with Crippen LogP contribution in [-0.2, 0) is 16.1 Å². The molecule has 1 aliphatic carbocycles. The SMILES string of the molecule is O=C1CCNC(=O)c2cc(OCC3CC3)cc(c2)Oc2cccc(c2)CO[C@@H]2CCN(c3ncccn3)C[C@@H]2N1. The van der Waals surface area contributed by atoms with Gasteiger partial charge in [-0.3, -0.25) is 9.59 Å². The lowest BCUT2D eigenvalue weighted by Gasteiger charge is -2.38. The number of ether oxygens (including phenoxy) is 3. The maximum atomic E-state index is 13.0. The lowest BCUT2D eigenvalue weighted by Crippen LogP contribution is -2.56. The third-order valence-corrected chi connectivity index (χ3v) is 7.29. The third kappa shape index (κ3) is 6.69. The Morgan fingerprint density at radius 2 is 1.88 bits per heavy atom. The summed E-state index contributed by atoms with van der Waals surface area (Å²) in [5, 5.41) is 5.99. The molecule has 3 aliphatic rings. The van der Waals surface area contributed by atoms with E-state index >= 15 is 0 Å². The molecule has 208 valence electrons. The van der Waals surface area contributed by atoms with Crippen LogP contribution in [0.25, 0.3) is 0 Å². The Labute approximate surface area is 233 Å². The predicted molar refractivity (Wildman–Crippen MR) is 147 cm³/mol. The van der Waals surface area contributed by atoms with Crippen LogP contribution in [0, 0.1) is 5.92 Å². The highest BCUT2D eigenvalue weighted by atomic mass is 16.5.